The zero-order valence-corrected chi connectivity index (χ0v) is 20.5. The van der Waals surface area contributed by atoms with Gasteiger partial charge in [-0.25, -0.2) is 5.14 Å². The standard InChI is InChI=1S/C19H32N4O3S2.ClH/c1-7-27-11-10-23-9-8-14-12(2)15(22-28(20,25)26)13(3)16(17(14)23)21-18(24)19(4,5)6;/h22H,7-11H2,1-6H3,(H,21,24)(H2,20,25,26);1H. The number of carbonyl (C=O) groups excluding carboxylic acids is 1. The number of rotatable bonds is 7. The van der Waals surface area contributed by atoms with Crippen molar-refractivity contribution in [3.8, 4) is 0 Å². The van der Waals surface area contributed by atoms with E-state index in [0.717, 1.165) is 47.8 Å². The summed E-state index contributed by atoms with van der Waals surface area (Å²) in [6, 6.07) is 0. The van der Waals surface area contributed by atoms with Crippen LogP contribution in [0.25, 0.3) is 0 Å². The Morgan fingerprint density at radius 1 is 1.21 bits per heavy atom. The van der Waals surface area contributed by atoms with Crippen LogP contribution in [-0.4, -0.2) is 38.9 Å². The average molecular weight is 465 g/mol. The van der Waals surface area contributed by atoms with Crippen LogP contribution in [0.5, 0.6) is 0 Å². The van der Waals surface area contributed by atoms with Crippen molar-refractivity contribution in [1.82, 2.24) is 0 Å². The Labute approximate surface area is 185 Å². The maximum atomic E-state index is 12.7. The van der Waals surface area contributed by atoms with Crippen molar-refractivity contribution < 1.29 is 13.2 Å². The number of carbonyl (C=O) groups is 1. The van der Waals surface area contributed by atoms with E-state index in [4.69, 9.17) is 5.14 Å². The smallest absolute Gasteiger partial charge is 0.296 e. The third-order valence-corrected chi connectivity index (χ3v) is 6.29. The molecule has 1 amide bonds. The minimum Gasteiger partial charge on any atom is -0.368 e. The fourth-order valence-electron chi connectivity index (χ4n) is 3.37. The molecule has 0 radical (unpaired) electrons. The molecular weight excluding hydrogens is 432 g/mol. The van der Waals surface area contributed by atoms with Crippen molar-refractivity contribution in [3.05, 3.63) is 16.7 Å². The van der Waals surface area contributed by atoms with Gasteiger partial charge in [-0.3, -0.25) is 9.52 Å². The lowest BCUT2D eigenvalue weighted by atomic mass is 9.94. The Hall–Kier alpha value is -1.16. The van der Waals surface area contributed by atoms with Gasteiger partial charge in [-0.05, 0) is 42.7 Å². The molecule has 0 aromatic heterocycles. The van der Waals surface area contributed by atoms with Crippen LogP contribution in [0.1, 0.15) is 44.4 Å². The molecule has 0 saturated carbocycles. The fraction of sp³-hybridized carbons (Fsp3) is 0.632. The van der Waals surface area contributed by atoms with Gasteiger partial charge in [0.25, 0.3) is 10.2 Å². The molecule has 10 heteroatoms. The van der Waals surface area contributed by atoms with Gasteiger partial charge in [-0.15, -0.1) is 12.4 Å². The van der Waals surface area contributed by atoms with Gasteiger partial charge in [0, 0.05) is 24.3 Å². The monoisotopic (exact) mass is 464 g/mol. The zero-order valence-electron chi connectivity index (χ0n) is 18.0. The van der Waals surface area contributed by atoms with E-state index in [1.54, 1.807) is 0 Å². The normalized spacial score (nSPS) is 13.7. The quantitative estimate of drug-likeness (QED) is 0.536. The number of halogens is 1. The topological polar surface area (TPSA) is 105 Å². The van der Waals surface area contributed by atoms with Gasteiger partial charge in [-0.1, -0.05) is 27.7 Å². The predicted molar refractivity (Wildman–Crippen MR) is 127 cm³/mol. The first kappa shape index (κ1) is 25.9. The number of nitrogens with zero attached hydrogens (tertiary/aromatic N) is 1. The second-order valence-corrected chi connectivity index (χ2v) is 10.8. The Balaban J connectivity index is 0.00000420. The molecule has 0 saturated heterocycles. The molecule has 0 fully saturated rings. The molecule has 0 spiro atoms. The lowest BCUT2D eigenvalue weighted by molar-refractivity contribution is -0.123. The Kier molecular flexibility index (Phi) is 8.71. The van der Waals surface area contributed by atoms with Crippen LogP contribution < -0.4 is 20.1 Å². The summed E-state index contributed by atoms with van der Waals surface area (Å²) in [4.78, 5) is 15.0. The zero-order chi connectivity index (χ0) is 21.3. The molecule has 4 N–H and O–H groups in total. The number of hydrogen-bond donors (Lipinski definition) is 3. The highest BCUT2D eigenvalue weighted by atomic mass is 35.5. The summed E-state index contributed by atoms with van der Waals surface area (Å²) in [6.07, 6.45) is 0.802. The molecule has 2 rings (SSSR count). The summed E-state index contributed by atoms with van der Waals surface area (Å²) < 4.78 is 25.8. The Morgan fingerprint density at radius 3 is 2.34 bits per heavy atom. The highest BCUT2D eigenvalue weighted by Crippen LogP contribution is 2.45. The third kappa shape index (κ3) is 6.16. The second-order valence-electron chi connectivity index (χ2n) is 8.11. The Morgan fingerprint density at radius 2 is 1.83 bits per heavy atom. The van der Waals surface area contributed by atoms with Crippen LogP contribution in [0.4, 0.5) is 17.1 Å². The maximum absolute atomic E-state index is 12.7. The molecule has 0 aliphatic carbocycles. The molecule has 29 heavy (non-hydrogen) atoms. The number of nitrogens with two attached hydrogens (primary N) is 1. The van der Waals surface area contributed by atoms with E-state index < -0.39 is 15.6 Å². The van der Waals surface area contributed by atoms with Crippen LogP contribution in [0.15, 0.2) is 0 Å². The summed E-state index contributed by atoms with van der Waals surface area (Å²) in [5, 5.41) is 8.30. The molecule has 1 aromatic carbocycles. The van der Waals surface area contributed by atoms with Crippen LogP contribution in [-0.2, 0) is 21.4 Å². The molecule has 1 aromatic rings. The SMILES string of the molecule is CCSCCN1CCc2c(C)c(NS(N)(=O)=O)c(C)c(NC(=O)C(C)(C)C)c21.Cl. The molecule has 1 aliphatic heterocycles. The van der Waals surface area contributed by atoms with E-state index in [1.807, 2.05) is 46.4 Å². The van der Waals surface area contributed by atoms with Crippen molar-refractivity contribution >= 4 is 57.3 Å². The van der Waals surface area contributed by atoms with Crippen LogP contribution in [0, 0.1) is 19.3 Å². The summed E-state index contributed by atoms with van der Waals surface area (Å²) >= 11 is 1.88. The van der Waals surface area contributed by atoms with E-state index in [9.17, 15) is 13.2 Å². The molecule has 0 bridgehead atoms. The Bertz CT molecular complexity index is 867. The van der Waals surface area contributed by atoms with E-state index in [0.29, 0.717) is 16.9 Å². The van der Waals surface area contributed by atoms with Crippen molar-refractivity contribution in [3.63, 3.8) is 0 Å². The van der Waals surface area contributed by atoms with Gasteiger partial charge >= 0.3 is 0 Å². The summed E-state index contributed by atoms with van der Waals surface area (Å²) in [5.41, 5.74) is 4.16. The third-order valence-electron chi connectivity index (χ3n) is 4.92. The van der Waals surface area contributed by atoms with Crippen molar-refractivity contribution in [1.29, 1.82) is 0 Å². The fourth-order valence-corrected chi connectivity index (χ4v) is 4.60. The van der Waals surface area contributed by atoms with E-state index in [2.05, 4.69) is 21.9 Å². The van der Waals surface area contributed by atoms with E-state index in [-0.39, 0.29) is 18.3 Å². The summed E-state index contributed by atoms with van der Waals surface area (Å²) in [7, 11) is -3.92. The number of hydrogen-bond acceptors (Lipinski definition) is 5. The number of thioether (sulfide) groups is 1. The highest BCUT2D eigenvalue weighted by molar-refractivity contribution is 7.99. The van der Waals surface area contributed by atoms with Crippen molar-refractivity contribution in [2.24, 2.45) is 10.6 Å². The molecule has 1 aliphatic rings. The molecular formula is C19H33ClN4O3S2. The van der Waals surface area contributed by atoms with Gasteiger partial charge in [0.2, 0.25) is 5.91 Å². The predicted octanol–water partition coefficient (Wildman–Crippen LogP) is 3.44. The number of fused-ring (bicyclic) bond motifs is 1. The van der Waals surface area contributed by atoms with Gasteiger partial charge < -0.3 is 10.2 Å². The number of anilines is 3. The summed E-state index contributed by atoms with van der Waals surface area (Å²) in [6.45, 7) is 13.1. The molecule has 166 valence electrons. The number of nitrogens with one attached hydrogen (secondary N) is 2. The lowest BCUT2D eigenvalue weighted by Gasteiger charge is -2.28. The largest absolute Gasteiger partial charge is 0.368 e. The number of amides is 1. The van der Waals surface area contributed by atoms with Crippen LogP contribution in [0.2, 0.25) is 0 Å². The molecule has 0 unspecified atom stereocenters. The first-order chi connectivity index (χ1) is 12.9. The van der Waals surface area contributed by atoms with E-state index >= 15 is 0 Å². The molecule has 7 nitrogen and oxygen atoms in total. The minimum absolute atomic E-state index is 0. The first-order valence-corrected chi connectivity index (χ1v) is 12.2. The van der Waals surface area contributed by atoms with Gasteiger partial charge in [-0.2, -0.15) is 20.2 Å². The molecule has 0 atom stereocenters. The second kappa shape index (κ2) is 9.76. The highest BCUT2D eigenvalue weighted by Gasteiger charge is 2.31. The first-order valence-electron chi connectivity index (χ1n) is 9.47. The molecule has 1 heterocycles. The maximum Gasteiger partial charge on any atom is 0.296 e. The summed E-state index contributed by atoms with van der Waals surface area (Å²) in [5.74, 6) is 1.94. The minimum atomic E-state index is -3.92. The van der Waals surface area contributed by atoms with Gasteiger partial charge in [0.15, 0.2) is 0 Å². The number of benzene rings is 1. The van der Waals surface area contributed by atoms with E-state index in [1.165, 1.54) is 0 Å². The average Bonchev–Trinajstić information content (AvgIpc) is 2.97. The van der Waals surface area contributed by atoms with Gasteiger partial charge in [0.1, 0.15) is 0 Å². The van der Waals surface area contributed by atoms with Crippen LogP contribution in [0.3, 0.4) is 0 Å². The lowest BCUT2D eigenvalue weighted by Crippen LogP contribution is -2.30. The van der Waals surface area contributed by atoms with Crippen LogP contribution >= 0.6 is 24.2 Å². The van der Waals surface area contributed by atoms with Crippen molar-refractivity contribution in [2.45, 2.75) is 48.0 Å². The van der Waals surface area contributed by atoms with Crippen molar-refractivity contribution in [2.75, 3.05) is 39.5 Å². The van der Waals surface area contributed by atoms with Gasteiger partial charge in [0.05, 0.1) is 17.1 Å².